The van der Waals surface area contributed by atoms with Crippen molar-refractivity contribution in [2.45, 2.75) is 25.0 Å². The molecule has 3 atom stereocenters. The number of nitrogens with zero attached hydrogens (tertiary/aromatic N) is 1. The first kappa shape index (κ1) is 8.91. The van der Waals surface area contributed by atoms with Gasteiger partial charge in [0.25, 0.3) is 0 Å². The minimum Gasteiger partial charge on any atom is -0.480 e. The van der Waals surface area contributed by atoms with Gasteiger partial charge in [-0.3, -0.25) is 9.46 Å². The Morgan fingerprint density at radius 2 is 2.18 bits per heavy atom. The Hall–Kier alpha value is -0.180. The summed E-state index contributed by atoms with van der Waals surface area (Å²) in [6.07, 6.45) is 0.741. The number of aliphatic carboxylic acids is 1. The highest BCUT2D eigenvalue weighted by atomic mass is 31.0. The van der Waals surface area contributed by atoms with Crippen molar-refractivity contribution in [1.82, 2.24) is 4.67 Å². The van der Waals surface area contributed by atoms with Gasteiger partial charge in [0, 0.05) is 6.54 Å². The van der Waals surface area contributed by atoms with Gasteiger partial charge in [-0.25, -0.2) is 0 Å². The monoisotopic (exact) mass is 177 g/mol. The maximum Gasteiger partial charge on any atom is 0.321 e. The first-order chi connectivity index (χ1) is 5.11. The van der Waals surface area contributed by atoms with Crippen molar-refractivity contribution >= 4 is 15.4 Å². The molecule has 0 spiro atoms. The van der Waals surface area contributed by atoms with E-state index in [1.54, 1.807) is 4.67 Å². The van der Waals surface area contributed by atoms with Crippen LogP contribution in [0.3, 0.4) is 0 Å². The van der Waals surface area contributed by atoms with Gasteiger partial charge in [-0.05, 0) is 12.8 Å². The van der Waals surface area contributed by atoms with Gasteiger partial charge in [0.05, 0.1) is 6.10 Å². The zero-order chi connectivity index (χ0) is 8.43. The van der Waals surface area contributed by atoms with Crippen molar-refractivity contribution in [2.24, 2.45) is 0 Å². The third-order valence-electron chi connectivity index (χ3n) is 1.88. The summed E-state index contributed by atoms with van der Waals surface area (Å²) in [6, 6.07) is -0.441. The van der Waals surface area contributed by atoms with E-state index in [1.165, 1.54) is 0 Å². The second-order valence-electron chi connectivity index (χ2n) is 2.78. The summed E-state index contributed by atoms with van der Waals surface area (Å²) >= 11 is 0. The van der Waals surface area contributed by atoms with Crippen LogP contribution in [0.2, 0.25) is 0 Å². The van der Waals surface area contributed by atoms with Crippen molar-refractivity contribution in [3.8, 4) is 0 Å². The highest BCUT2D eigenvalue weighted by molar-refractivity contribution is 7.13. The van der Waals surface area contributed by atoms with Crippen LogP contribution >= 0.6 is 9.39 Å². The fraction of sp³-hybridized carbons (Fsp3) is 0.833. The average molecular weight is 177 g/mol. The third kappa shape index (κ3) is 2.12. The highest BCUT2D eigenvalue weighted by Crippen LogP contribution is 2.20. The predicted octanol–water partition coefficient (Wildman–Crippen LogP) is -0.314. The van der Waals surface area contributed by atoms with E-state index < -0.39 is 12.0 Å². The van der Waals surface area contributed by atoms with E-state index in [1.807, 2.05) is 0 Å². The number of carboxylic acid groups (broad SMARTS) is 1. The number of hydrogen-bond acceptors (Lipinski definition) is 3. The molecule has 1 aliphatic heterocycles. The van der Waals surface area contributed by atoms with Gasteiger partial charge in [0.1, 0.15) is 6.04 Å². The molecule has 1 aliphatic rings. The average Bonchev–Trinajstić information content (AvgIpc) is 1.85. The van der Waals surface area contributed by atoms with Crippen LogP contribution in [-0.2, 0) is 4.79 Å². The molecule has 1 rings (SSSR count). The summed E-state index contributed by atoms with van der Waals surface area (Å²) in [6.45, 7) is 0.432. The molecule has 1 saturated heterocycles. The molecule has 5 heteroatoms. The number of carboxylic acids is 1. The topological polar surface area (TPSA) is 60.8 Å². The van der Waals surface area contributed by atoms with Gasteiger partial charge in [-0.2, -0.15) is 0 Å². The molecule has 4 nitrogen and oxygen atoms in total. The molecule has 0 aromatic rings. The molecule has 64 valence electrons. The summed E-state index contributed by atoms with van der Waals surface area (Å²) in [7, 11) is 2.33. The van der Waals surface area contributed by atoms with Crippen LogP contribution in [0.4, 0.5) is 0 Å². The molecule has 11 heavy (non-hydrogen) atoms. The summed E-state index contributed by atoms with van der Waals surface area (Å²) in [5.41, 5.74) is 0. The molecule has 0 bridgehead atoms. The van der Waals surface area contributed by atoms with E-state index in [9.17, 15) is 4.79 Å². The van der Waals surface area contributed by atoms with Crippen LogP contribution in [0.25, 0.3) is 0 Å². The maximum atomic E-state index is 10.5. The van der Waals surface area contributed by atoms with E-state index in [0.29, 0.717) is 19.4 Å². The standard InChI is InChI=1S/C6H12NO3P/c8-4-1-2-5(6(9)10)7(11)3-4/h4-5,8H,1-3,11H2,(H,9,10)/t4-,5-/m0/s1. The second-order valence-corrected chi connectivity index (χ2v) is 3.45. The summed E-state index contributed by atoms with van der Waals surface area (Å²) in [5.74, 6) is -0.813. The molecule has 0 amide bonds. The van der Waals surface area contributed by atoms with Crippen LogP contribution in [0.15, 0.2) is 0 Å². The van der Waals surface area contributed by atoms with Gasteiger partial charge in [0.15, 0.2) is 0 Å². The quantitative estimate of drug-likeness (QED) is 0.539. The molecule has 1 heterocycles. The molecule has 0 aromatic carbocycles. The molecule has 1 unspecified atom stereocenters. The lowest BCUT2D eigenvalue weighted by Crippen LogP contribution is -2.43. The largest absolute Gasteiger partial charge is 0.480 e. The lowest BCUT2D eigenvalue weighted by molar-refractivity contribution is -0.143. The number of aliphatic hydroxyl groups excluding tert-OH is 1. The number of β-amino-alcohol motifs (C(OH)–C–C–N with tert-alkyl or cyclic N) is 1. The zero-order valence-corrected chi connectivity index (χ0v) is 7.26. The van der Waals surface area contributed by atoms with E-state index >= 15 is 0 Å². The van der Waals surface area contributed by atoms with Crippen LogP contribution in [0.1, 0.15) is 12.8 Å². The SMILES string of the molecule is O=C(O)[C@@H]1CC[C@H](O)CN1P. The normalized spacial score (nSPS) is 33.6. The first-order valence-corrected chi connectivity index (χ1v) is 4.05. The van der Waals surface area contributed by atoms with Crippen LogP contribution < -0.4 is 0 Å². The van der Waals surface area contributed by atoms with E-state index in [0.717, 1.165) is 0 Å². The van der Waals surface area contributed by atoms with Gasteiger partial charge < -0.3 is 10.2 Å². The molecule has 2 N–H and O–H groups in total. The summed E-state index contributed by atoms with van der Waals surface area (Å²) in [5, 5.41) is 17.8. The Morgan fingerprint density at radius 3 is 2.64 bits per heavy atom. The molecule has 0 saturated carbocycles. The Balaban J connectivity index is 2.50. The van der Waals surface area contributed by atoms with E-state index in [-0.39, 0.29) is 6.10 Å². The Kier molecular flexibility index (Phi) is 2.82. The molecule has 1 fully saturated rings. The molecule has 0 aromatic heterocycles. The van der Waals surface area contributed by atoms with Gasteiger partial charge in [-0.15, -0.1) is 0 Å². The molecular formula is C6H12NO3P. The minimum atomic E-state index is -0.813. The summed E-state index contributed by atoms with van der Waals surface area (Å²) < 4.78 is 1.59. The lowest BCUT2D eigenvalue weighted by atomic mass is 10.0. The molecular weight excluding hydrogens is 165 g/mol. The number of piperidine rings is 1. The number of aliphatic hydroxyl groups is 1. The van der Waals surface area contributed by atoms with Crippen molar-refractivity contribution < 1.29 is 15.0 Å². The maximum absolute atomic E-state index is 10.5. The Bertz CT molecular complexity index is 164. The second kappa shape index (κ2) is 3.48. The Labute approximate surface area is 67.5 Å². The first-order valence-electron chi connectivity index (χ1n) is 3.53. The van der Waals surface area contributed by atoms with Gasteiger partial charge >= 0.3 is 5.97 Å². The van der Waals surface area contributed by atoms with Crippen molar-refractivity contribution in [3.05, 3.63) is 0 Å². The number of carbonyl (C=O) groups is 1. The summed E-state index contributed by atoms with van der Waals surface area (Å²) in [4.78, 5) is 10.5. The van der Waals surface area contributed by atoms with E-state index in [2.05, 4.69) is 9.39 Å². The highest BCUT2D eigenvalue weighted by Gasteiger charge is 2.29. The van der Waals surface area contributed by atoms with Crippen molar-refractivity contribution in [1.29, 1.82) is 0 Å². The zero-order valence-electron chi connectivity index (χ0n) is 6.10. The van der Waals surface area contributed by atoms with Crippen LogP contribution in [0, 0.1) is 0 Å². The number of hydrogen-bond donors (Lipinski definition) is 2. The minimum absolute atomic E-state index is 0.372. The molecule has 0 aliphatic carbocycles. The van der Waals surface area contributed by atoms with Crippen LogP contribution in [0.5, 0.6) is 0 Å². The van der Waals surface area contributed by atoms with Gasteiger partial charge in [0.2, 0.25) is 0 Å². The van der Waals surface area contributed by atoms with Crippen LogP contribution in [-0.4, -0.2) is 39.5 Å². The smallest absolute Gasteiger partial charge is 0.321 e. The predicted molar refractivity (Wildman–Crippen MR) is 43.1 cm³/mol. The number of rotatable bonds is 1. The fourth-order valence-corrected chi connectivity index (χ4v) is 1.76. The Morgan fingerprint density at radius 1 is 1.55 bits per heavy atom. The molecule has 0 radical (unpaired) electrons. The lowest BCUT2D eigenvalue weighted by Gasteiger charge is -2.31. The van der Waals surface area contributed by atoms with Crippen molar-refractivity contribution in [3.63, 3.8) is 0 Å². The fourth-order valence-electron chi connectivity index (χ4n) is 1.24. The van der Waals surface area contributed by atoms with Crippen molar-refractivity contribution in [2.75, 3.05) is 6.54 Å². The third-order valence-corrected chi connectivity index (χ3v) is 2.45. The van der Waals surface area contributed by atoms with E-state index in [4.69, 9.17) is 10.2 Å². The van der Waals surface area contributed by atoms with Gasteiger partial charge in [-0.1, -0.05) is 9.39 Å².